The highest BCUT2D eigenvalue weighted by Crippen LogP contribution is 2.25. The molecule has 0 spiro atoms. The van der Waals surface area contributed by atoms with Crippen LogP contribution in [0.4, 0.5) is 0 Å². The highest BCUT2D eigenvalue weighted by atomic mass is 16.5. The largest absolute Gasteiger partial charge is 0.376 e. The Hall–Kier alpha value is -1.36. The summed E-state index contributed by atoms with van der Waals surface area (Å²) in [5, 5.41) is 6.78. The fourth-order valence-corrected chi connectivity index (χ4v) is 1.89. The summed E-state index contributed by atoms with van der Waals surface area (Å²) in [5.41, 5.74) is 1.67. The lowest BCUT2D eigenvalue weighted by atomic mass is 10.1. The van der Waals surface area contributed by atoms with E-state index in [4.69, 9.17) is 9.26 Å². The van der Waals surface area contributed by atoms with Gasteiger partial charge in [-0.3, -0.25) is 4.79 Å². The third-order valence-electron chi connectivity index (χ3n) is 2.98. The Balaban J connectivity index is 1.83. The first-order valence-corrected chi connectivity index (χ1v) is 5.94. The summed E-state index contributed by atoms with van der Waals surface area (Å²) in [7, 11) is 0. The second kappa shape index (κ2) is 4.87. The highest BCUT2D eigenvalue weighted by molar-refractivity contribution is 5.79. The molecule has 1 saturated carbocycles. The average Bonchev–Trinajstić information content (AvgIpc) is 2.93. The Morgan fingerprint density at radius 3 is 2.94 bits per heavy atom. The maximum absolute atomic E-state index is 11.8. The van der Waals surface area contributed by atoms with Gasteiger partial charge in [-0.15, -0.1) is 0 Å². The molecule has 1 aromatic rings. The number of aryl methyl sites for hydroxylation is 2. The van der Waals surface area contributed by atoms with Gasteiger partial charge in [0.2, 0.25) is 5.91 Å². The Labute approximate surface area is 101 Å². The molecule has 1 aliphatic rings. The van der Waals surface area contributed by atoms with Gasteiger partial charge in [-0.25, -0.2) is 0 Å². The second-order valence-electron chi connectivity index (χ2n) is 4.38. The van der Waals surface area contributed by atoms with Crippen LogP contribution in [0.3, 0.4) is 0 Å². The summed E-state index contributed by atoms with van der Waals surface area (Å²) in [6.45, 7) is 6.32. The first-order chi connectivity index (χ1) is 8.11. The smallest absolute Gasteiger partial charge is 0.224 e. The minimum absolute atomic E-state index is 0.00611. The van der Waals surface area contributed by atoms with E-state index < -0.39 is 0 Å². The molecule has 1 heterocycles. The van der Waals surface area contributed by atoms with Crippen LogP contribution in [-0.2, 0) is 16.0 Å². The summed E-state index contributed by atoms with van der Waals surface area (Å²) in [4.78, 5) is 11.8. The number of hydrogen-bond donors (Lipinski definition) is 1. The maximum atomic E-state index is 11.8. The quantitative estimate of drug-likeness (QED) is 0.835. The van der Waals surface area contributed by atoms with E-state index in [1.807, 2.05) is 20.8 Å². The fraction of sp³-hybridized carbons (Fsp3) is 0.667. The summed E-state index contributed by atoms with van der Waals surface area (Å²) in [6.07, 6.45) is 1.45. The topological polar surface area (TPSA) is 64.4 Å². The lowest BCUT2D eigenvalue weighted by Crippen LogP contribution is -2.29. The van der Waals surface area contributed by atoms with E-state index in [0.717, 1.165) is 23.4 Å². The average molecular weight is 238 g/mol. The van der Waals surface area contributed by atoms with Crippen molar-refractivity contribution in [2.24, 2.45) is 0 Å². The molecule has 0 saturated heterocycles. The van der Waals surface area contributed by atoms with Gasteiger partial charge >= 0.3 is 0 Å². The third-order valence-corrected chi connectivity index (χ3v) is 2.98. The molecule has 5 nitrogen and oxygen atoms in total. The van der Waals surface area contributed by atoms with Gasteiger partial charge in [0, 0.05) is 12.2 Å². The highest BCUT2D eigenvalue weighted by Gasteiger charge is 2.39. The van der Waals surface area contributed by atoms with Crippen LogP contribution in [0.1, 0.15) is 30.4 Å². The number of hydrogen-bond acceptors (Lipinski definition) is 4. The Bertz CT molecular complexity index is 394. The zero-order chi connectivity index (χ0) is 12.4. The van der Waals surface area contributed by atoms with Gasteiger partial charge in [0.1, 0.15) is 5.76 Å². The van der Waals surface area contributed by atoms with Crippen molar-refractivity contribution in [2.75, 3.05) is 6.61 Å². The number of carbonyl (C=O) groups excluding carboxylic acids is 1. The molecule has 0 radical (unpaired) electrons. The molecule has 2 rings (SSSR count). The molecule has 2 atom stereocenters. The van der Waals surface area contributed by atoms with E-state index in [-0.39, 0.29) is 18.1 Å². The number of nitrogens with one attached hydrogen (secondary N) is 1. The van der Waals surface area contributed by atoms with Crippen LogP contribution in [-0.4, -0.2) is 29.8 Å². The normalized spacial score (nSPS) is 22.5. The minimum atomic E-state index is 0.00611. The van der Waals surface area contributed by atoms with E-state index in [9.17, 15) is 4.79 Å². The second-order valence-corrected chi connectivity index (χ2v) is 4.38. The SMILES string of the molecule is CCO[C@H]1C[C@H]1NC(=O)Cc1c(C)noc1C. The molecular weight excluding hydrogens is 220 g/mol. The van der Waals surface area contributed by atoms with Crippen LogP contribution in [0.15, 0.2) is 4.52 Å². The molecule has 0 aromatic carbocycles. The predicted molar refractivity (Wildman–Crippen MR) is 61.6 cm³/mol. The molecule has 5 heteroatoms. The van der Waals surface area contributed by atoms with Crippen LogP contribution in [0.25, 0.3) is 0 Å². The van der Waals surface area contributed by atoms with E-state index in [1.54, 1.807) is 0 Å². The standard InChI is InChI=1S/C12H18N2O3/c1-4-16-11-6-10(11)13-12(15)5-9-7(2)14-17-8(9)3/h10-11H,4-6H2,1-3H3,(H,13,15)/t10-,11+/m1/s1. The first-order valence-electron chi connectivity index (χ1n) is 5.94. The molecule has 1 amide bonds. The number of aromatic nitrogens is 1. The Morgan fingerprint density at radius 2 is 2.35 bits per heavy atom. The van der Waals surface area contributed by atoms with Crippen molar-refractivity contribution < 1.29 is 14.1 Å². The molecule has 1 aliphatic carbocycles. The molecule has 1 N–H and O–H groups in total. The van der Waals surface area contributed by atoms with E-state index in [1.165, 1.54) is 0 Å². The summed E-state index contributed by atoms with van der Waals surface area (Å²) in [5.74, 6) is 0.724. The van der Waals surface area contributed by atoms with E-state index in [2.05, 4.69) is 10.5 Å². The molecule has 0 bridgehead atoms. The van der Waals surface area contributed by atoms with Gasteiger partial charge in [-0.2, -0.15) is 0 Å². The van der Waals surface area contributed by atoms with Crippen molar-refractivity contribution in [3.8, 4) is 0 Å². The van der Waals surface area contributed by atoms with Gasteiger partial charge in [0.15, 0.2) is 0 Å². The van der Waals surface area contributed by atoms with E-state index in [0.29, 0.717) is 13.0 Å². The molecule has 0 aliphatic heterocycles. The third kappa shape index (κ3) is 2.85. The number of rotatable bonds is 5. The monoisotopic (exact) mass is 238 g/mol. The molecule has 17 heavy (non-hydrogen) atoms. The van der Waals surface area contributed by atoms with Crippen molar-refractivity contribution >= 4 is 5.91 Å². The van der Waals surface area contributed by atoms with Gasteiger partial charge in [-0.05, 0) is 27.2 Å². The van der Waals surface area contributed by atoms with Crippen molar-refractivity contribution in [2.45, 2.75) is 45.8 Å². The summed E-state index contributed by atoms with van der Waals surface area (Å²) >= 11 is 0. The Morgan fingerprint density at radius 1 is 1.59 bits per heavy atom. The zero-order valence-corrected chi connectivity index (χ0v) is 10.4. The number of carbonyl (C=O) groups is 1. The lowest BCUT2D eigenvalue weighted by molar-refractivity contribution is -0.120. The van der Waals surface area contributed by atoms with Crippen LogP contribution < -0.4 is 5.32 Å². The van der Waals surface area contributed by atoms with Gasteiger partial charge < -0.3 is 14.6 Å². The number of amides is 1. The molecule has 1 fully saturated rings. The molecular formula is C12H18N2O3. The van der Waals surface area contributed by atoms with Crippen LogP contribution in [0.5, 0.6) is 0 Å². The molecule has 1 aromatic heterocycles. The van der Waals surface area contributed by atoms with Crippen LogP contribution in [0.2, 0.25) is 0 Å². The minimum Gasteiger partial charge on any atom is -0.376 e. The fourth-order valence-electron chi connectivity index (χ4n) is 1.89. The number of nitrogens with zero attached hydrogens (tertiary/aromatic N) is 1. The van der Waals surface area contributed by atoms with Crippen LogP contribution >= 0.6 is 0 Å². The summed E-state index contributed by atoms with van der Waals surface area (Å²) in [6, 6.07) is 0.183. The molecule has 94 valence electrons. The van der Waals surface area contributed by atoms with Crippen LogP contribution in [0, 0.1) is 13.8 Å². The Kier molecular flexibility index (Phi) is 3.47. The molecule has 0 unspecified atom stereocenters. The van der Waals surface area contributed by atoms with Crippen molar-refractivity contribution in [1.82, 2.24) is 10.5 Å². The predicted octanol–water partition coefficient (Wildman–Crippen LogP) is 1.13. The van der Waals surface area contributed by atoms with E-state index >= 15 is 0 Å². The lowest BCUT2D eigenvalue weighted by Gasteiger charge is -2.04. The van der Waals surface area contributed by atoms with Crippen molar-refractivity contribution in [3.05, 3.63) is 17.0 Å². The van der Waals surface area contributed by atoms with Gasteiger partial charge in [0.25, 0.3) is 0 Å². The summed E-state index contributed by atoms with van der Waals surface area (Å²) < 4.78 is 10.4. The van der Waals surface area contributed by atoms with Gasteiger partial charge in [-0.1, -0.05) is 5.16 Å². The maximum Gasteiger partial charge on any atom is 0.224 e. The van der Waals surface area contributed by atoms with Gasteiger partial charge in [0.05, 0.1) is 24.3 Å². The van der Waals surface area contributed by atoms with Crippen molar-refractivity contribution in [1.29, 1.82) is 0 Å². The first kappa shape index (κ1) is 12.1. The zero-order valence-electron chi connectivity index (χ0n) is 10.4. The number of ether oxygens (including phenoxy) is 1. The van der Waals surface area contributed by atoms with Crippen molar-refractivity contribution in [3.63, 3.8) is 0 Å².